The van der Waals surface area contributed by atoms with E-state index in [4.69, 9.17) is 6.42 Å². The molecule has 1 heterocycles. The van der Waals surface area contributed by atoms with Gasteiger partial charge in [-0.25, -0.2) is 0 Å². The number of aromatic nitrogens is 1. The van der Waals surface area contributed by atoms with Gasteiger partial charge in [0.05, 0.1) is 6.54 Å². The molecule has 62 valence electrons. The van der Waals surface area contributed by atoms with Crippen LogP contribution >= 0.6 is 0 Å². The van der Waals surface area contributed by atoms with Crippen molar-refractivity contribution in [3.05, 3.63) is 30.1 Å². The number of hydrogen-bond acceptors (Lipinski definition) is 2. The fourth-order valence-electron chi connectivity index (χ4n) is 0.923. The molecule has 2 heteroatoms. The molecule has 1 rings (SSSR count). The Bertz CT molecular complexity index is 248. The van der Waals surface area contributed by atoms with E-state index in [1.165, 1.54) is 0 Å². The molecular weight excluding hydrogens is 148 g/mol. The van der Waals surface area contributed by atoms with E-state index in [0.717, 1.165) is 18.7 Å². The Morgan fingerprint density at radius 3 is 3.08 bits per heavy atom. The lowest BCUT2D eigenvalue weighted by molar-refractivity contribution is 0.742. The molecule has 0 spiro atoms. The Kier molecular flexibility index (Phi) is 3.90. The second-order valence-corrected chi connectivity index (χ2v) is 2.45. The summed E-state index contributed by atoms with van der Waals surface area (Å²) in [6.45, 7) is 1.52. The zero-order valence-electron chi connectivity index (χ0n) is 6.96. The van der Waals surface area contributed by atoms with E-state index in [9.17, 15) is 0 Å². The number of rotatable bonds is 4. The van der Waals surface area contributed by atoms with Gasteiger partial charge in [0.25, 0.3) is 0 Å². The standard InChI is InChI=1S/C10H12N2/c1-2-7-11-9-6-10-5-3-4-8-12-10/h1,3-5,8,11H,6-7,9H2. The van der Waals surface area contributed by atoms with E-state index in [1.54, 1.807) is 6.20 Å². The molecule has 0 unspecified atom stereocenters. The molecule has 0 radical (unpaired) electrons. The summed E-state index contributed by atoms with van der Waals surface area (Å²) in [4.78, 5) is 4.18. The zero-order chi connectivity index (χ0) is 8.65. The molecule has 0 aliphatic carbocycles. The first-order valence-corrected chi connectivity index (χ1v) is 3.97. The number of terminal acetylenes is 1. The molecule has 0 atom stereocenters. The van der Waals surface area contributed by atoms with Crippen LogP contribution in [-0.2, 0) is 6.42 Å². The van der Waals surface area contributed by atoms with Crippen molar-refractivity contribution >= 4 is 0 Å². The quantitative estimate of drug-likeness (QED) is 0.521. The second-order valence-electron chi connectivity index (χ2n) is 2.45. The van der Waals surface area contributed by atoms with Gasteiger partial charge in [-0.3, -0.25) is 4.98 Å². The van der Waals surface area contributed by atoms with Crippen LogP contribution in [0.2, 0.25) is 0 Å². The van der Waals surface area contributed by atoms with Gasteiger partial charge in [0.2, 0.25) is 0 Å². The van der Waals surface area contributed by atoms with Crippen molar-refractivity contribution in [1.29, 1.82) is 0 Å². The summed E-state index contributed by atoms with van der Waals surface area (Å²) in [5.41, 5.74) is 1.10. The smallest absolute Gasteiger partial charge is 0.0573 e. The van der Waals surface area contributed by atoms with Gasteiger partial charge in [0, 0.05) is 24.9 Å². The van der Waals surface area contributed by atoms with Crippen molar-refractivity contribution in [1.82, 2.24) is 10.3 Å². The molecule has 0 aliphatic rings. The molecule has 0 fully saturated rings. The number of nitrogens with one attached hydrogen (secondary N) is 1. The van der Waals surface area contributed by atoms with Crippen LogP contribution in [0.15, 0.2) is 24.4 Å². The maximum atomic E-state index is 5.08. The number of hydrogen-bond donors (Lipinski definition) is 1. The normalized spacial score (nSPS) is 9.25. The third-order valence-corrected chi connectivity index (χ3v) is 1.51. The third-order valence-electron chi connectivity index (χ3n) is 1.51. The topological polar surface area (TPSA) is 24.9 Å². The summed E-state index contributed by atoms with van der Waals surface area (Å²) in [5, 5.41) is 3.11. The first-order valence-electron chi connectivity index (χ1n) is 3.97. The predicted octanol–water partition coefficient (Wildman–Crippen LogP) is 0.847. The molecule has 0 amide bonds. The van der Waals surface area contributed by atoms with Crippen molar-refractivity contribution in [2.45, 2.75) is 6.42 Å². The summed E-state index contributed by atoms with van der Waals surface area (Å²) >= 11 is 0. The Labute approximate surface area is 73.0 Å². The highest BCUT2D eigenvalue weighted by molar-refractivity contribution is 5.03. The Morgan fingerprint density at radius 2 is 2.42 bits per heavy atom. The van der Waals surface area contributed by atoms with E-state index in [2.05, 4.69) is 16.2 Å². The van der Waals surface area contributed by atoms with Crippen molar-refractivity contribution in [2.24, 2.45) is 0 Å². The summed E-state index contributed by atoms with van der Waals surface area (Å²) < 4.78 is 0. The summed E-state index contributed by atoms with van der Waals surface area (Å²) in [7, 11) is 0. The van der Waals surface area contributed by atoms with Gasteiger partial charge >= 0.3 is 0 Å². The van der Waals surface area contributed by atoms with Gasteiger partial charge in [-0.15, -0.1) is 6.42 Å². The predicted molar refractivity (Wildman–Crippen MR) is 49.6 cm³/mol. The molecule has 1 aromatic rings. The van der Waals surface area contributed by atoms with Crippen molar-refractivity contribution < 1.29 is 0 Å². The molecule has 0 saturated carbocycles. The average Bonchev–Trinajstić information content (AvgIpc) is 2.14. The van der Waals surface area contributed by atoms with E-state index in [1.807, 2.05) is 18.2 Å². The summed E-state index contributed by atoms with van der Waals surface area (Å²) in [6, 6.07) is 5.92. The first-order chi connectivity index (χ1) is 5.93. The first kappa shape index (κ1) is 8.76. The molecule has 12 heavy (non-hydrogen) atoms. The molecule has 2 nitrogen and oxygen atoms in total. The fraction of sp³-hybridized carbons (Fsp3) is 0.300. The lowest BCUT2D eigenvalue weighted by atomic mass is 10.3. The van der Waals surface area contributed by atoms with Crippen LogP contribution in [0.25, 0.3) is 0 Å². The van der Waals surface area contributed by atoms with Crippen molar-refractivity contribution in [2.75, 3.05) is 13.1 Å². The minimum Gasteiger partial charge on any atom is -0.306 e. The number of nitrogens with zero attached hydrogens (tertiary/aromatic N) is 1. The van der Waals surface area contributed by atoms with Crippen LogP contribution in [0.5, 0.6) is 0 Å². The van der Waals surface area contributed by atoms with E-state index in [-0.39, 0.29) is 0 Å². The summed E-state index contributed by atoms with van der Waals surface area (Å²) in [6.07, 6.45) is 7.82. The molecular formula is C10H12N2. The van der Waals surface area contributed by atoms with Crippen LogP contribution in [0.1, 0.15) is 5.69 Å². The lowest BCUT2D eigenvalue weighted by Gasteiger charge is -1.99. The summed E-state index contributed by atoms with van der Waals surface area (Å²) in [5.74, 6) is 2.52. The van der Waals surface area contributed by atoms with Gasteiger partial charge in [-0.1, -0.05) is 12.0 Å². The minimum atomic E-state index is 0.632. The van der Waals surface area contributed by atoms with Gasteiger partial charge in [-0.05, 0) is 12.1 Å². The molecule has 1 N–H and O–H groups in total. The van der Waals surface area contributed by atoms with Crippen molar-refractivity contribution in [3.63, 3.8) is 0 Å². The van der Waals surface area contributed by atoms with Crippen LogP contribution in [0.4, 0.5) is 0 Å². The highest BCUT2D eigenvalue weighted by Gasteiger charge is 1.90. The van der Waals surface area contributed by atoms with E-state index < -0.39 is 0 Å². The average molecular weight is 160 g/mol. The monoisotopic (exact) mass is 160 g/mol. The zero-order valence-corrected chi connectivity index (χ0v) is 6.96. The molecule has 0 saturated heterocycles. The SMILES string of the molecule is C#CCNCCc1ccccn1. The third kappa shape index (κ3) is 3.18. The van der Waals surface area contributed by atoms with Gasteiger partial charge in [0.1, 0.15) is 0 Å². The highest BCUT2D eigenvalue weighted by atomic mass is 14.8. The lowest BCUT2D eigenvalue weighted by Crippen LogP contribution is -2.17. The molecule has 1 aromatic heterocycles. The van der Waals surface area contributed by atoms with Crippen LogP contribution in [0.3, 0.4) is 0 Å². The largest absolute Gasteiger partial charge is 0.306 e. The van der Waals surface area contributed by atoms with E-state index >= 15 is 0 Å². The molecule has 0 aliphatic heterocycles. The fourth-order valence-corrected chi connectivity index (χ4v) is 0.923. The van der Waals surface area contributed by atoms with Gasteiger partial charge < -0.3 is 5.32 Å². The maximum Gasteiger partial charge on any atom is 0.0573 e. The minimum absolute atomic E-state index is 0.632. The van der Waals surface area contributed by atoms with Crippen LogP contribution in [0, 0.1) is 12.3 Å². The highest BCUT2D eigenvalue weighted by Crippen LogP contribution is 1.92. The van der Waals surface area contributed by atoms with Crippen LogP contribution in [-0.4, -0.2) is 18.1 Å². The Hall–Kier alpha value is -1.33. The number of pyridine rings is 1. The van der Waals surface area contributed by atoms with Crippen molar-refractivity contribution in [3.8, 4) is 12.3 Å². The Morgan fingerprint density at radius 1 is 1.50 bits per heavy atom. The molecule has 0 bridgehead atoms. The van der Waals surface area contributed by atoms with Crippen LogP contribution < -0.4 is 5.32 Å². The van der Waals surface area contributed by atoms with Gasteiger partial charge in [0.15, 0.2) is 0 Å². The van der Waals surface area contributed by atoms with Gasteiger partial charge in [-0.2, -0.15) is 0 Å². The Balaban J connectivity index is 2.21. The maximum absolute atomic E-state index is 5.08. The molecule has 0 aromatic carbocycles. The second kappa shape index (κ2) is 5.34. The van der Waals surface area contributed by atoms with E-state index in [0.29, 0.717) is 6.54 Å².